The lowest BCUT2D eigenvalue weighted by Crippen LogP contribution is -2.61. The molecule has 0 aromatic carbocycles. The second kappa shape index (κ2) is 8.61. The monoisotopic (exact) mass is 503 g/mol. The van der Waals surface area contributed by atoms with Crippen molar-refractivity contribution in [1.82, 2.24) is 0 Å². The van der Waals surface area contributed by atoms with Crippen LogP contribution in [0.1, 0.15) is 65.2 Å². The molecule has 2 heterocycles. The number of fused-ring (bicyclic) bond motifs is 5. The van der Waals surface area contributed by atoms with Crippen LogP contribution in [-0.4, -0.2) is 70.7 Å². The SMILES string of the molecule is C[C@]12CC[C@H](O[C@H]3OC[C@H](N)C(O)[C@@H]3O)C=C1CCC1C2CC[C@]2(C)[C@@H](C3=CC(=O)OC3)CC[C@]12O. The molecule has 6 rings (SSSR count). The molecule has 5 N–H and O–H groups in total. The highest BCUT2D eigenvalue weighted by molar-refractivity contribution is 5.85. The van der Waals surface area contributed by atoms with Crippen LogP contribution in [0.5, 0.6) is 0 Å². The zero-order valence-corrected chi connectivity index (χ0v) is 21.4. The molecule has 36 heavy (non-hydrogen) atoms. The first-order valence-electron chi connectivity index (χ1n) is 13.8. The fraction of sp³-hybridized carbons (Fsp3) is 0.821. The van der Waals surface area contributed by atoms with Crippen LogP contribution in [0.15, 0.2) is 23.3 Å². The third-order valence-corrected chi connectivity index (χ3v) is 11.2. The number of esters is 1. The Kier molecular flexibility index (Phi) is 5.98. The van der Waals surface area contributed by atoms with E-state index in [1.165, 1.54) is 5.57 Å². The minimum Gasteiger partial charge on any atom is -0.458 e. The van der Waals surface area contributed by atoms with Crippen LogP contribution in [0, 0.1) is 28.6 Å². The Balaban J connectivity index is 1.20. The quantitative estimate of drug-likeness (QED) is 0.340. The third-order valence-electron chi connectivity index (χ3n) is 11.2. The van der Waals surface area contributed by atoms with Gasteiger partial charge in [0.1, 0.15) is 18.8 Å². The number of cyclic esters (lactones) is 1. The molecule has 0 aromatic heterocycles. The molecule has 8 heteroatoms. The van der Waals surface area contributed by atoms with Crippen LogP contribution in [0.25, 0.3) is 0 Å². The van der Waals surface area contributed by atoms with Crippen LogP contribution >= 0.6 is 0 Å². The van der Waals surface area contributed by atoms with Crippen molar-refractivity contribution >= 4 is 5.97 Å². The van der Waals surface area contributed by atoms with Gasteiger partial charge in [0, 0.05) is 11.5 Å². The molecule has 4 fully saturated rings. The molecular formula is C28H41NO7. The zero-order chi connectivity index (χ0) is 25.5. The first-order valence-corrected chi connectivity index (χ1v) is 13.8. The molecule has 8 nitrogen and oxygen atoms in total. The smallest absolute Gasteiger partial charge is 0.331 e. The Morgan fingerprint density at radius 2 is 1.86 bits per heavy atom. The molecule has 4 aliphatic carbocycles. The van der Waals surface area contributed by atoms with Crippen molar-refractivity contribution in [2.75, 3.05) is 13.2 Å². The molecule has 0 amide bonds. The van der Waals surface area contributed by atoms with Crippen LogP contribution in [0.4, 0.5) is 0 Å². The average molecular weight is 504 g/mol. The number of hydrogen-bond acceptors (Lipinski definition) is 8. The van der Waals surface area contributed by atoms with Crippen molar-refractivity contribution in [3.8, 4) is 0 Å². The van der Waals surface area contributed by atoms with Gasteiger partial charge in [0.05, 0.1) is 24.4 Å². The summed E-state index contributed by atoms with van der Waals surface area (Å²) in [7, 11) is 0. The minimum atomic E-state index is -1.16. The molecule has 200 valence electrons. The van der Waals surface area contributed by atoms with Crippen molar-refractivity contribution in [2.24, 2.45) is 34.3 Å². The van der Waals surface area contributed by atoms with E-state index in [1.807, 2.05) is 0 Å². The van der Waals surface area contributed by atoms with Crippen LogP contribution in [0.3, 0.4) is 0 Å². The van der Waals surface area contributed by atoms with Gasteiger partial charge in [-0.2, -0.15) is 0 Å². The summed E-state index contributed by atoms with van der Waals surface area (Å²) in [6.07, 6.45) is 7.95. The van der Waals surface area contributed by atoms with Crippen molar-refractivity contribution in [1.29, 1.82) is 0 Å². The van der Waals surface area contributed by atoms with Gasteiger partial charge in [-0.05, 0) is 80.1 Å². The molecule has 6 aliphatic rings. The Bertz CT molecular complexity index is 981. The summed E-state index contributed by atoms with van der Waals surface area (Å²) >= 11 is 0. The minimum absolute atomic E-state index is 0.0114. The average Bonchev–Trinajstić information content (AvgIpc) is 3.39. The van der Waals surface area contributed by atoms with Gasteiger partial charge in [0.2, 0.25) is 0 Å². The highest BCUT2D eigenvalue weighted by atomic mass is 16.7. The van der Waals surface area contributed by atoms with E-state index >= 15 is 0 Å². The number of allylic oxidation sites excluding steroid dienone is 1. The fourth-order valence-corrected chi connectivity index (χ4v) is 9.07. The molecule has 11 atom stereocenters. The Hall–Kier alpha value is -1.29. The Morgan fingerprint density at radius 3 is 2.61 bits per heavy atom. The molecule has 2 aliphatic heterocycles. The van der Waals surface area contributed by atoms with Gasteiger partial charge in [-0.15, -0.1) is 0 Å². The molecule has 3 saturated carbocycles. The van der Waals surface area contributed by atoms with E-state index in [0.29, 0.717) is 12.5 Å². The third kappa shape index (κ3) is 3.52. The highest BCUT2D eigenvalue weighted by Crippen LogP contribution is 2.69. The van der Waals surface area contributed by atoms with Crippen LogP contribution in [0.2, 0.25) is 0 Å². The number of rotatable bonds is 3. The van der Waals surface area contributed by atoms with E-state index in [0.717, 1.165) is 56.9 Å². The lowest BCUT2D eigenvalue weighted by molar-refractivity contribution is -0.259. The number of carbonyl (C=O) groups excluding carboxylic acids is 1. The molecule has 3 unspecified atom stereocenters. The summed E-state index contributed by atoms with van der Waals surface area (Å²) < 4.78 is 17.0. The molecule has 0 aromatic rings. The number of aliphatic hydroxyl groups is 3. The lowest BCUT2D eigenvalue weighted by atomic mass is 9.45. The summed E-state index contributed by atoms with van der Waals surface area (Å²) in [6.45, 7) is 5.14. The van der Waals surface area contributed by atoms with E-state index in [4.69, 9.17) is 19.9 Å². The Labute approximate surface area is 212 Å². The molecule has 0 bridgehead atoms. The number of nitrogens with two attached hydrogens (primary N) is 1. The topological polar surface area (TPSA) is 131 Å². The van der Waals surface area contributed by atoms with E-state index in [2.05, 4.69) is 19.9 Å². The predicted molar refractivity (Wildman–Crippen MR) is 130 cm³/mol. The number of ether oxygens (including phenoxy) is 3. The first kappa shape index (κ1) is 25.0. The largest absolute Gasteiger partial charge is 0.458 e. The maximum Gasteiger partial charge on any atom is 0.331 e. The normalized spacial score (nSPS) is 52.6. The van der Waals surface area contributed by atoms with Gasteiger partial charge in [-0.1, -0.05) is 25.5 Å². The van der Waals surface area contributed by atoms with Crippen molar-refractivity contribution in [3.63, 3.8) is 0 Å². The van der Waals surface area contributed by atoms with Gasteiger partial charge >= 0.3 is 5.97 Å². The molecular weight excluding hydrogens is 462 g/mol. The number of hydrogen-bond donors (Lipinski definition) is 4. The maximum absolute atomic E-state index is 12.3. The number of aliphatic hydroxyl groups excluding tert-OH is 2. The molecule has 0 radical (unpaired) electrons. The second-order valence-electron chi connectivity index (χ2n) is 12.7. The number of carbonyl (C=O) groups is 1. The second-order valence-corrected chi connectivity index (χ2v) is 12.7. The zero-order valence-electron chi connectivity index (χ0n) is 21.4. The fourth-order valence-electron chi connectivity index (χ4n) is 9.07. The highest BCUT2D eigenvalue weighted by Gasteiger charge is 2.67. The van der Waals surface area contributed by atoms with Gasteiger partial charge in [-0.25, -0.2) is 4.79 Å². The van der Waals surface area contributed by atoms with E-state index in [9.17, 15) is 20.1 Å². The predicted octanol–water partition coefficient (Wildman–Crippen LogP) is 1.95. The standard InChI is InChI=1S/C28H41NO7/c1-26-8-5-17(36-25-24(32)23(31)21(29)14-35-25)12-16(26)3-4-20-19(26)6-9-27(2)18(7-10-28(20,27)33)15-11-22(30)34-13-15/h11-12,17-21,23-25,31-33H,3-10,13-14,29H2,1-2H3/t17-,18+,19?,20?,21-,23?,24-,25+,26-,27+,28-/m0/s1. The maximum atomic E-state index is 12.3. The van der Waals surface area contributed by atoms with Gasteiger partial charge in [-0.3, -0.25) is 0 Å². The van der Waals surface area contributed by atoms with Gasteiger partial charge < -0.3 is 35.3 Å². The summed E-state index contributed by atoms with van der Waals surface area (Å²) in [5.74, 6) is 0.594. The summed E-state index contributed by atoms with van der Waals surface area (Å²) in [6, 6.07) is -0.612. The summed E-state index contributed by atoms with van der Waals surface area (Å²) in [5, 5.41) is 32.8. The molecule has 0 spiro atoms. The van der Waals surface area contributed by atoms with Crippen molar-refractivity contribution in [2.45, 2.75) is 101 Å². The van der Waals surface area contributed by atoms with Crippen LogP contribution in [-0.2, 0) is 19.0 Å². The summed E-state index contributed by atoms with van der Waals surface area (Å²) in [5.41, 5.74) is 7.29. The van der Waals surface area contributed by atoms with Crippen molar-refractivity contribution in [3.05, 3.63) is 23.3 Å². The van der Waals surface area contributed by atoms with Gasteiger partial charge in [0.15, 0.2) is 6.29 Å². The van der Waals surface area contributed by atoms with Crippen molar-refractivity contribution < 1.29 is 34.3 Å². The lowest BCUT2D eigenvalue weighted by Gasteiger charge is -2.62. The van der Waals surface area contributed by atoms with E-state index in [-0.39, 0.29) is 41.3 Å². The van der Waals surface area contributed by atoms with E-state index < -0.39 is 30.1 Å². The summed E-state index contributed by atoms with van der Waals surface area (Å²) in [4.78, 5) is 11.8. The first-order chi connectivity index (χ1) is 17.1. The van der Waals surface area contributed by atoms with Gasteiger partial charge in [0.25, 0.3) is 0 Å². The Morgan fingerprint density at radius 1 is 1.06 bits per heavy atom. The molecule has 1 saturated heterocycles. The van der Waals surface area contributed by atoms with E-state index in [1.54, 1.807) is 6.08 Å². The van der Waals surface area contributed by atoms with Crippen LogP contribution < -0.4 is 5.73 Å².